The van der Waals surface area contributed by atoms with E-state index in [9.17, 15) is 0 Å². The third-order valence-electron chi connectivity index (χ3n) is 9.78. The van der Waals surface area contributed by atoms with Gasteiger partial charge in [-0.15, -0.1) is 11.3 Å². The van der Waals surface area contributed by atoms with E-state index in [1.54, 1.807) is 0 Å². The van der Waals surface area contributed by atoms with Crippen LogP contribution in [0.1, 0.15) is 0 Å². The van der Waals surface area contributed by atoms with Gasteiger partial charge in [-0.2, -0.15) is 0 Å². The molecule has 0 spiro atoms. The minimum Gasteiger partial charge on any atom is -0.309 e. The molecule has 0 N–H and O–H groups in total. The largest absolute Gasteiger partial charge is 0.309 e. The van der Waals surface area contributed by atoms with Gasteiger partial charge < -0.3 is 4.90 Å². The molecule has 0 bridgehead atoms. The lowest BCUT2D eigenvalue weighted by molar-refractivity contribution is 1.31. The summed E-state index contributed by atoms with van der Waals surface area (Å²) in [7, 11) is 0. The third kappa shape index (κ3) is 4.24. The fraction of sp³-hybridized carbons (Fsp3) is 0. The van der Waals surface area contributed by atoms with Crippen LogP contribution >= 0.6 is 11.3 Å². The van der Waals surface area contributed by atoms with E-state index in [-0.39, 0.29) is 0 Å². The first-order chi connectivity index (χ1) is 23.8. The lowest BCUT2D eigenvalue weighted by Gasteiger charge is -2.29. The summed E-state index contributed by atoms with van der Waals surface area (Å²) in [5, 5.41) is 12.7. The maximum atomic E-state index is 2.50. The predicted octanol–water partition coefficient (Wildman–Crippen LogP) is 13.8. The molecule has 0 unspecified atom stereocenters. The van der Waals surface area contributed by atoms with E-state index in [1.165, 1.54) is 80.1 Å². The zero-order valence-corrected chi connectivity index (χ0v) is 26.9. The van der Waals surface area contributed by atoms with Gasteiger partial charge in [-0.1, -0.05) is 133 Å². The quantitative estimate of drug-likeness (QED) is 0.176. The van der Waals surface area contributed by atoms with Crippen LogP contribution in [0.25, 0.3) is 74.4 Å². The summed E-state index contributed by atoms with van der Waals surface area (Å²) in [4.78, 5) is 2.50. The van der Waals surface area contributed by atoms with Crippen LogP contribution in [0, 0.1) is 0 Å². The Hall–Kier alpha value is -5.96. The maximum absolute atomic E-state index is 2.50. The van der Waals surface area contributed by atoms with Crippen LogP contribution in [-0.4, -0.2) is 0 Å². The number of nitrogens with zero attached hydrogens (tertiary/aromatic N) is 1. The van der Waals surface area contributed by atoms with Crippen molar-refractivity contribution in [3.63, 3.8) is 0 Å². The number of fused-ring (bicyclic) bond motifs is 9. The van der Waals surface area contributed by atoms with Crippen molar-refractivity contribution in [2.24, 2.45) is 0 Å². The van der Waals surface area contributed by atoms with Crippen LogP contribution in [0.2, 0.25) is 0 Å². The minimum absolute atomic E-state index is 1.14. The normalized spacial score (nSPS) is 11.8. The Morgan fingerprint density at radius 1 is 0.354 bits per heavy atom. The van der Waals surface area contributed by atoms with Crippen molar-refractivity contribution in [1.82, 2.24) is 0 Å². The van der Waals surface area contributed by atoms with Crippen molar-refractivity contribution < 1.29 is 0 Å². The molecule has 0 aliphatic rings. The van der Waals surface area contributed by atoms with Crippen molar-refractivity contribution in [3.05, 3.63) is 176 Å². The molecule has 0 fully saturated rings. The Morgan fingerprint density at radius 2 is 0.979 bits per heavy atom. The molecule has 1 nitrogen and oxygen atoms in total. The number of hydrogen-bond donors (Lipinski definition) is 0. The van der Waals surface area contributed by atoms with E-state index in [0.29, 0.717) is 0 Å². The van der Waals surface area contributed by atoms with Gasteiger partial charge in [-0.25, -0.2) is 0 Å². The van der Waals surface area contributed by atoms with Crippen molar-refractivity contribution in [3.8, 4) is 11.1 Å². The third-order valence-corrected chi connectivity index (χ3v) is 10.9. The van der Waals surface area contributed by atoms with E-state index in [1.807, 2.05) is 11.3 Å². The highest BCUT2D eigenvalue weighted by Gasteiger charge is 2.22. The molecule has 2 heteroatoms. The Kier molecular flexibility index (Phi) is 6.12. The van der Waals surface area contributed by atoms with Gasteiger partial charge in [-0.3, -0.25) is 0 Å². The van der Waals surface area contributed by atoms with Gasteiger partial charge in [0, 0.05) is 36.8 Å². The minimum atomic E-state index is 1.14. The fourth-order valence-electron chi connectivity index (χ4n) is 7.57. The molecule has 0 atom stereocenters. The SMILES string of the molecule is c1ccc(-c2ccccc2N(c2ccc3sc4cc5ccccc5cc4c3c2)c2cccc3ccc4ccc5ccccc5c4c23)cc1. The van der Waals surface area contributed by atoms with E-state index in [4.69, 9.17) is 0 Å². The molecule has 1 aromatic heterocycles. The number of anilines is 3. The van der Waals surface area contributed by atoms with Crippen LogP contribution < -0.4 is 4.90 Å². The van der Waals surface area contributed by atoms with Gasteiger partial charge in [0.1, 0.15) is 0 Å². The molecule has 0 radical (unpaired) electrons. The molecule has 48 heavy (non-hydrogen) atoms. The van der Waals surface area contributed by atoms with Crippen molar-refractivity contribution >= 4 is 91.7 Å². The van der Waals surface area contributed by atoms with Gasteiger partial charge >= 0.3 is 0 Å². The highest BCUT2D eigenvalue weighted by molar-refractivity contribution is 7.25. The monoisotopic (exact) mass is 627 g/mol. The number of thiophene rings is 1. The van der Waals surface area contributed by atoms with E-state index < -0.39 is 0 Å². The molecule has 0 aliphatic heterocycles. The van der Waals surface area contributed by atoms with Gasteiger partial charge in [0.05, 0.1) is 11.4 Å². The summed E-state index contributed by atoms with van der Waals surface area (Å²) in [5.74, 6) is 0. The zero-order chi connectivity index (χ0) is 31.6. The molecule has 0 amide bonds. The zero-order valence-electron chi connectivity index (χ0n) is 26.1. The van der Waals surface area contributed by atoms with E-state index >= 15 is 0 Å². The first-order valence-electron chi connectivity index (χ1n) is 16.4. The number of benzene rings is 9. The molecule has 0 saturated carbocycles. The standard InChI is InChI=1S/C46H29NS/c1-2-11-30(12-3-1)37-17-8-9-19-41(37)47(36-25-26-43-40(29-36)39-27-34-14-4-5-15-35(34)28-44(39)48-43)42-20-10-16-32-23-24-33-22-21-31-13-6-7-18-38(31)45(33)46(32)42/h1-29H. The number of rotatable bonds is 4. The first-order valence-corrected chi connectivity index (χ1v) is 17.2. The van der Waals surface area contributed by atoms with Crippen LogP contribution in [0.4, 0.5) is 17.1 Å². The number of para-hydroxylation sites is 1. The van der Waals surface area contributed by atoms with Gasteiger partial charge in [0.15, 0.2) is 0 Å². The highest BCUT2D eigenvalue weighted by atomic mass is 32.1. The molecule has 9 aromatic carbocycles. The van der Waals surface area contributed by atoms with Crippen LogP contribution in [-0.2, 0) is 0 Å². The maximum Gasteiger partial charge on any atom is 0.0546 e. The molecular formula is C46H29NS. The summed E-state index contributed by atoms with van der Waals surface area (Å²) in [6.45, 7) is 0. The second-order valence-electron chi connectivity index (χ2n) is 12.5. The summed E-state index contributed by atoms with van der Waals surface area (Å²) < 4.78 is 2.62. The summed E-state index contributed by atoms with van der Waals surface area (Å²) >= 11 is 1.88. The summed E-state index contributed by atoms with van der Waals surface area (Å²) in [5.41, 5.74) is 5.85. The van der Waals surface area contributed by atoms with Gasteiger partial charge in [0.25, 0.3) is 0 Å². The topological polar surface area (TPSA) is 3.24 Å². The van der Waals surface area contributed by atoms with Gasteiger partial charge in [0.2, 0.25) is 0 Å². The lowest BCUT2D eigenvalue weighted by atomic mass is 9.94. The Balaban J connectivity index is 1.32. The van der Waals surface area contributed by atoms with Crippen LogP contribution in [0.15, 0.2) is 176 Å². The summed E-state index contributed by atoms with van der Waals surface area (Å²) in [6.07, 6.45) is 0. The smallest absolute Gasteiger partial charge is 0.0546 e. The average molecular weight is 628 g/mol. The number of hydrogen-bond acceptors (Lipinski definition) is 2. The lowest BCUT2D eigenvalue weighted by Crippen LogP contribution is -2.12. The Bertz CT molecular complexity index is 2840. The highest BCUT2D eigenvalue weighted by Crippen LogP contribution is 2.48. The first kappa shape index (κ1) is 27.2. The Labute approximate surface area is 282 Å². The van der Waals surface area contributed by atoms with E-state index in [0.717, 1.165) is 11.4 Å². The molecule has 224 valence electrons. The van der Waals surface area contributed by atoms with Crippen molar-refractivity contribution in [2.75, 3.05) is 4.90 Å². The fourth-order valence-corrected chi connectivity index (χ4v) is 8.69. The second-order valence-corrected chi connectivity index (χ2v) is 13.6. The molecule has 1 heterocycles. The molecule has 0 saturated heterocycles. The second kappa shape index (κ2) is 10.8. The summed E-state index contributed by atoms with van der Waals surface area (Å²) in [6, 6.07) is 64.6. The average Bonchev–Trinajstić information content (AvgIpc) is 3.51. The van der Waals surface area contributed by atoms with Crippen LogP contribution in [0.5, 0.6) is 0 Å². The van der Waals surface area contributed by atoms with E-state index in [2.05, 4.69) is 181 Å². The van der Waals surface area contributed by atoms with Crippen molar-refractivity contribution in [1.29, 1.82) is 0 Å². The Morgan fingerprint density at radius 3 is 1.83 bits per heavy atom. The molecule has 0 aliphatic carbocycles. The predicted molar refractivity (Wildman–Crippen MR) is 209 cm³/mol. The molecule has 10 rings (SSSR count). The van der Waals surface area contributed by atoms with Crippen molar-refractivity contribution in [2.45, 2.75) is 0 Å². The van der Waals surface area contributed by atoms with Gasteiger partial charge in [-0.05, 0) is 85.7 Å². The molecule has 10 aromatic rings. The molecular weight excluding hydrogens is 599 g/mol. The van der Waals surface area contributed by atoms with Crippen LogP contribution in [0.3, 0.4) is 0 Å².